The maximum absolute atomic E-state index is 4.26. The molecule has 0 spiro atoms. The molecule has 0 unspecified atom stereocenters. The molecule has 0 bridgehead atoms. The van der Waals surface area contributed by atoms with E-state index in [9.17, 15) is 0 Å². The molecule has 18 heavy (non-hydrogen) atoms. The van der Waals surface area contributed by atoms with Crippen molar-refractivity contribution in [3.63, 3.8) is 0 Å². The van der Waals surface area contributed by atoms with E-state index in [1.54, 1.807) is 11.3 Å². The number of benzene rings is 1. The number of hydrogen-bond acceptors (Lipinski definition) is 3. The van der Waals surface area contributed by atoms with Crippen LogP contribution in [0.5, 0.6) is 0 Å². The first-order chi connectivity index (χ1) is 8.67. The largest absolute Gasteiger partial charge is 0.408 e. The van der Waals surface area contributed by atoms with Crippen LogP contribution in [0.3, 0.4) is 0 Å². The van der Waals surface area contributed by atoms with Gasteiger partial charge in [-0.25, -0.2) is 4.57 Å². The van der Waals surface area contributed by atoms with Crippen LogP contribution in [0, 0.1) is 0 Å². The molecule has 1 saturated heterocycles. The monoisotopic (exact) mass is 260 g/mol. The van der Waals surface area contributed by atoms with E-state index < -0.39 is 0 Å². The Hall–Kier alpha value is -1.59. The van der Waals surface area contributed by atoms with E-state index >= 15 is 0 Å². The van der Waals surface area contributed by atoms with Gasteiger partial charge in [0.05, 0.1) is 19.2 Å². The molecule has 0 amide bonds. The normalized spacial score (nSPS) is 17.2. The second kappa shape index (κ2) is 4.26. The molecule has 1 aliphatic heterocycles. The smallest absolute Gasteiger partial charge is 0.284 e. The van der Waals surface area contributed by atoms with Crippen LogP contribution in [0.1, 0.15) is 0 Å². The first-order valence-electron chi connectivity index (χ1n) is 5.97. The Morgan fingerprint density at radius 2 is 1.89 bits per heavy atom. The Bertz CT molecular complexity index is 581. The van der Waals surface area contributed by atoms with E-state index in [-0.39, 0.29) is 0 Å². The highest BCUT2D eigenvalue weighted by Gasteiger charge is 2.39. The number of azo groups is 1. The molecule has 3 rings (SSSR count). The van der Waals surface area contributed by atoms with Crippen LogP contribution in [-0.2, 0) is 7.05 Å². The number of hydrogen-bond donors (Lipinski definition) is 0. The Morgan fingerprint density at radius 3 is 2.44 bits per heavy atom. The van der Waals surface area contributed by atoms with Crippen LogP contribution in [0.2, 0.25) is 0 Å². The van der Waals surface area contributed by atoms with Crippen molar-refractivity contribution in [2.75, 3.05) is 20.1 Å². The summed E-state index contributed by atoms with van der Waals surface area (Å²) in [6.45, 7) is 2.48. The number of aromatic nitrogens is 1. The van der Waals surface area contributed by atoms with E-state index in [0.29, 0.717) is 0 Å². The first-order valence-corrected chi connectivity index (χ1v) is 6.85. The molecule has 1 fully saturated rings. The topological polar surface area (TPSA) is 28.6 Å². The Balaban J connectivity index is 1.77. The maximum atomic E-state index is 4.26. The summed E-state index contributed by atoms with van der Waals surface area (Å²) < 4.78 is 3.02. The second-order valence-corrected chi connectivity index (χ2v) is 5.73. The van der Waals surface area contributed by atoms with Gasteiger partial charge in [-0.1, -0.05) is 0 Å². The fourth-order valence-electron chi connectivity index (χ4n) is 1.81. The lowest BCUT2D eigenvalue weighted by Gasteiger charge is -2.09. The number of thiazole rings is 1. The van der Waals surface area contributed by atoms with E-state index in [2.05, 4.69) is 29.4 Å². The average molecular weight is 260 g/mol. The molecule has 2 aromatic rings. The number of aryl methyl sites for hydroxylation is 1. The average Bonchev–Trinajstić information content (AvgIpc) is 3.00. The molecular weight excluding hydrogens is 244 g/mol. The van der Waals surface area contributed by atoms with Gasteiger partial charge in [-0.15, -0.1) is 0 Å². The standard InChI is InChI=1S/C13H16N4S/c1-16-7-10-18-13(16)15-14-11-3-5-12(6-4-11)17(2)8-9-17/h3-7,10H,8-9H2,1-2H3/q+2. The van der Waals surface area contributed by atoms with Gasteiger partial charge in [0, 0.05) is 17.5 Å². The summed E-state index contributed by atoms with van der Waals surface area (Å²) in [7, 11) is 4.22. The summed E-state index contributed by atoms with van der Waals surface area (Å²) in [4.78, 5) is 0. The van der Waals surface area contributed by atoms with Crippen LogP contribution in [0.4, 0.5) is 16.5 Å². The lowest BCUT2D eigenvalue weighted by atomic mass is 10.3. The summed E-state index contributed by atoms with van der Waals surface area (Å²) in [6, 6.07) is 8.37. The van der Waals surface area contributed by atoms with Gasteiger partial charge in [0.15, 0.2) is 0 Å². The maximum Gasteiger partial charge on any atom is 0.408 e. The molecule has 0 atom stereocenters. The van der Waals surface area contributed by atoms with Crippen molar-refractivity contribution in [2.45, 2.75) is 0 Å². The lowest BCUT2D eigenvalue weighted by molar-refractivity contribution is -0.654. The first kappa shape index (κ1) is 11.5. The number of nitrogens with zero attached hydrogens (tertiary/aromatic N) is 4. The zero-order valence-corrected chi connectivity index (χ0v) is 11.4. The van der Waals surface area contributed by atoms with Crippen molar-refractivity contribution in [1.82, 2.24) is 4.48 Å². The van der Waals surface area contributed by atoms with Crippen molar-refractivity contribution in [3.8, 4) is 0 Å². The summed E-state index contributed by atoms with van der Waals surface area (Å²) >= 11 is 1.59. The van der Waals surface area contributed by atoms with Gasteiger partial charge < -0.3 is 0 Å². The zero-order chi connectivity index (χ0) is 12.6. The second-order valence-electron chi connectivity index (χ2n) is 4.86. The molecule has 1 aromatic heterocycles. The summed E-state index contributed by atoms with van der Waals surface area (Å²) in [5.74, 6) is 0. The number of rotatable bonds is 3. The molecule has 4 nitrogen and oxygen atoms in total. The fourth-order valence-corrected chi connectivity index (χ4v) is 2.49. The zero-order valence-electron chi connectivity index (χ0n) is 10.6. The molecule has 0 saturated carbocycles. The van der Waals surface area contributed by atoms with Crippen LogP contribution >= 0.6 is 11.3 Å². The van der Waals surface area contributed by atoms with Gasteiger partial charge in [-0.2, -0.15) is 0 Å². The molecule has 92 valence electrons. The molecule has 1 aromatic carbocycles. The molecule has 0 radical (unpaired) electrons. The van der Waals surface area contributed by atoms with E-state index in [0.717, 1.165) is 15.3 Å². The van der Waals surface area contributed by atoms with Crippen molar-refractivity contribution in [2.24, 2.45) is 17.3 Å². The van der Waals surface area contributed by atoms with Crippen LogP contribution in [0.25, 0.3) is 0 Å². The Labute approximate surface area is 110 Å². The molecule has 1 aliphatic rings. The summed E-state index contributed by atoms with van der Waals surface area (Å²) in [6.07, 6.45) is 1.98. The fraction of sp³-hybridized carbons (Fsp3) is 0.308. The van der Waals surface area contributed by atoms with Gasteiger partial charge in [0.2, 0.25) is 0 Å². The predicted octanol–water partition coefficient (Wildman–Crippen LogP) is 2.94. The number of quaternary nitrogens is 1. The van der Waals surface area contributed by atoms with E-state index in [1.807, 2.05) is 35.3 Å². The van der Waals surface area contributed by atoms with Crippen molar-refractivity contribution in [1.29, 1.82) is 0 Å². The highest BCUT2D eigenvalue weighted by molar-refractivity contribution is 7.12. The van der Waals surface area contributed by atoms with Crippen molar-refractivity contribution < 1.29 is 4.57 Å². The van der Waals surface area contributed by atoms with E-state index in [4.69, 9.17) is 0 Å². The van der Waals surface area contributed by atoms with Crippen LogP contribution in [-0.4, -0.2) is 20.1 Å². The SMILES string of the molecule is C[n+]1ccsc1N=Nc1ccc([N+]2(C)CC2)cc1. The third-order valence-electron chi connectivity index (χ3n) is 3.38. The minimum absolute atomic E-state index is 0.903. The third-order valence-corrected chi connectivity index (χ3v) is 4.22. The summed E-state index contributed by atoms with van der Waals surface area (Å²) in [5, 5.41) is 11.4. The lowest BCUT2D eigenvalue weighted by Crippen LogP contribution is -2.23. The van der Waals surface area contributed by atoms with Gasteiger partial charge in [-0.3, -0.25) is 4.48 Å². The van der Waals surface area contributed by atoms with Crippen LogP contribution in [0.15, 0.2) is 46.1 Å². The number of likely N-dealkylation sites (N-methyl/N-ethyl adjacent to an activating group) is 1. The molecular formula is C13H16N4S+2. The predicted molar refractivity (Wildman–Crippen MR) is 73.6 cm³/mol. The van der Waals surface area contributed by atoms with Gasteiger partial charge in [-0.05, 0) is 28.6 Å². The molecule has 2 heterocycles. The van der Waals surface area contributed by atoms with Crippen molar-refractivity contribution in [3.05, 3.63) is 35.8 Å². The van der Waals surface area contributed by atoms with Gasteiger partial charge >= 0.3 is 5.13 Å². The van der Waals surface area contributed by atoms with Crippen LogP contribution < -0.4 is 9.05 Å². The molecule has 5 heteroatoms. The minimum Gasteiger partial charge on any atom is -0.284 e. The minimum atomic E-state index is 0.903. The Kier molecular flexibility index (Phi) is 2.72. The quantitative estimate of drug-likeness (QED) is 0.351. The third kappa shape index (κ3) is 2.19. The molecule has 0 aliphatic carbocycles. The Morgan fingerprint density at radius 1 is 1.17 bits per heavy atom. The highest BCUT2D eigenvalue weighted by atomic mass is 32.1. The van der Waals surface area contributed by atoms with Gasteiger partial charge in [0.25, 0.3) is 0 Å². The summed E-state index contributed by atoms with van der Waals surface area (Å²) in [5.41, 5.74) is 2.26. The van der Waals surface area contributed by atoms with Crippen molar-refractivity contribution >= 4 is 27.8 Å². The molecule has 0 N–H and O–H groups in total. The highest BCUT2D eigenvalue weighted by Crippen LogP contribution is 2.31. The van der Waals surface area contributed by atoms with E-state index in [1.165, 1.54) is 18.8 Å². The van der Waals surface area contributed by atoms with Gasteiger partial charge in [0.1, 0.15) is 30.7 Å².